The molecule has 0 N–H and O–H groups in total. The quantitative estimate of drug-likeness (QED) is 0.786. The molecular weight excluding hydrogens is 315 g/mol. The van der Waals surface area contributed by atoms with Crippen LogP contribution in [0.5, 0.6) is 0 Å². The van der Waals surface area contributed by atoms with Gasteiger partial charge in [-0.2, -0.15) is 5.10 Å². The maximum Gasteiger partial charge on any atom is 0.151 e. The van der Waals surface area contributed by atoms with Crippen molar-refractivity contribution in [1.82, 2.24) is 9.78 Å². The first-order chi connectivity index (χ1) is 6.68. The van der Waals surface area contributed by atoms with Gasteiger partial charge in [-0.25, -0.2) is 9.07 Å². The Balaban J connectivity index is 2.64. The lowest BCUT2D eigenvalue weighted by atomic mass is 10.3. The number of nitrogens with zero attached hydrogens (tertiary/aromatic N) is 2. The molecule has 5 heteroatoms. The van der Waals surface area contributed by atoms with E-state index in [2.05, 4.69) is 37.0 Å². The van der Waals surface area contributed by atoms with Gasteiger partial charge in [0.15, 0.2) is 5.82 Å². The molecule has 0 unspecified atom stereocenters. The summed E-state index contributed by atoms with van der Waals surface area (Å²) in [5.74, 6) is -0.324. The van der Waals surface area contributed by atoms with Crippen molar-refractivity contribution in [2.24, 2.45) is 0 Å². The molecule has 0 saturated carbocycles. The lowest BCUT2D eigenvalue weighted by molar-refractivity contribution is 0.608. The first-order valence-corrected chi connectivity index (χ1v) is 5.41. The molecule has 1 aromatic carbocycles. The summed E-state index contributed by atoms with van der Waals surface area (Å²) in [6.45, 7) is 0. The molecule has 2 rings (SSSR count). The highest BCUT2D eigenvalue weighted by Gasteiger charge is 2.10. The van der Waals surface area contributed by atoms with Crippen molar-refractivity contribution in [1.29, 1.82) is 0 Å². The summed E-state index contributed by atoms with van der Waals surface area (Å²) in [5, 5.41) is 3.97. The lowest BCUT2D eigenvalue weighted by Crippen LogP contribution is -1.99. The predicted molar refractivity (Wildman–Crippen MR) is 58.9 cm³/mol. The van der Waals surface area contributed by atoms with Gasteiger partial charge in [0.25, 0.3) is 0 Å². The Hall–Kier alpha value is -0.680. The van der Waals surface area contributed by atoms with E-state index in [0.29, 0.717) is 14.6 Å². The van der Waals surface area contributed by atoms with Crippen LogP contribution in [-0.4, -0.2) is 9.78 Å². The minimum absolute atomic E-state index is 0.324. The summed E-state index contributed by atoms with van der Waals surface area (Å²) in [4.78, 5) is 0. The van der Waals surface area contributed by atoms with Crippen LogP contribution in [0.1, 0.15) is 0 Å². The van der Waals surface area contributed by atoms with Crippen molar-refractivity contribution in [2.45, 2.75) is 0 Å². The summed E-state index contributed by atoms with van der Waals surface area (Å²) >= 11 is 6.50. The fourth-order valence-corrected chi connectivity index (χ4v) is 2.51. The fraction of sp³-hybridized carbons (Fsp3) is 0. The van der Waals surface area contributed by atoms with Gasteiger partial charge in [-0.1, -0.05) is 15.9 Å². The molecule has 14 heavy (non-hydrogen) atoms. The number of benzene rings is 1. The van der Waals surface area contributed by atoms with E-state index in [1.165, 1.54) is 10.7 Å². The Kier molecular flexibility index (Phi) is 2.69. The Morgan fingerprint density at radius 1 is 1.29 bits per heavy atom. The number of hydrogen-bond acceptors (Lipinski definition) is 1. The Bertz CT molecular complexity index is 431. The highest BCUT2D eigenvalue weighted by molar-refractivity contribution is 9.11. The molecule has 0 atom stereocenters. The molecule has 0 saturated heterocycles. The number of hydrogen-bond donors (Lipinski definition) is 0. The van der Waals surface area contributed by atoms with Crippen LogP contribution in [0.2, 0.25) is 0 Å². The monoisotopic (exact) mass is 318 g/mol. The zero-order valence-corrected chi connectivity index (χ0v) is 10.1. The van der Waals surface area contributed by atoms with Crippen LogP contribution in [-0.2, 0) is 0 Å². The minimum atomic E-state index is -0.324. The molecule has 0 aliphatic carbocycles. The average Bonchev–Trinajstić information content (AvgIpc) is 2.54. The zero-order valence-electron chi connectivity index (χ0n) is 6.92. The van der Waals surface area contributed by atoms with Crippen LogP contribution in [0.3, 0.4) is 0 Å². The zero-order chi connectivity index (χ0) is 10.1. The Morgan fingerprint density at radius 2 is 2.07 bits per heavy atom. The van der Waals surface area contributed by atoms with Gasteiger partial charge in [0.1, 0.15) is 5.69 Å². The third-order valence-electron chi connectivity index (χ3n) is 1.72. The molecule has 1 aromatic heterocycles. The van der Waals surface area contributed by atoms with Gasteiger partial charge in [0.2, 0.25) is 0 Å². The summed E-state index contributed by atoms with van der Waals surface area (Å²) in [6, 6.07) is 4.93. The fourth-order valence-electron chi connectivity index (χ4n) is 1.15. The van der Waals surface area contributed by atoms with E-state index in [-0.39, 0.29) is 5.82 Å². The average molecular weight is 320 g/mol. The van der Waals surface area contributed by atoms with E-state index in [1.54, 1.807) is 24.5 Å². The highest BCUT2D eigenvalue weighted by Crippen LogP contribution is 2.27. The number of rotatable bonds is 1. The van der Waals surface area contributed by atoms with Gasteiger partial charge in [-0.3, -0.25) is 0 Å². The molecule has 0 aliphatic rings. The third-order valence-corrected chi connectivity index (χ3v) is 2.78. The van der Waals surface area contributed by atoms with E-state index in [4.69, 9.17) is 0 Å². The first-order valence-electron chi connectivity index (χ1n) is 3.83. The van der Waals surface area contributed by atoms with E-state index in [1.807, 2.05) is 0 Å². The normalized spacial score (nSPS) is 10.5. The molecule has 0 bridgehead atoms. The van der Waals surface area contributed by atoms with Crippen molar-refractivity contribution >= 4 is 31.9 Å². The van der Waals surface area contributed by atoms with Crippen LogP contribution in [0.15, 0.2) is 39.5 Å². The van der Waals surface area contributed by atoms with E-state index in [9.17, 15) is 4.39 Å². The largest absolute Gasteiger partial charge is 0.237 e. The van der Waals surface area contributed by atoms with Gasteiger partial charge < -0.3 is 0 Å². The second-order valence-electron chi connectivity index (χ2n) is 2.67. The van der Waals surface area contributed by atoms with Gasteiger partial charge in [-0.15, -0.1) is 0 Å². The van der Waals surface area contributed by atoms with Gasteiger partial charge in [0, 0.05) is 21.3 Å². The summed E-state index contributed by atoms with van der Waals surface area (Å²) in [6.07, 6.45) is 3.30. The maximum absolute atomic E-state index is 13.6. The summed E-state index contributed by atoms with van der Waals surface area (Å²) in [5.41, 5.74) is 0.415. The van der Waals surface area contributed by atoms with E-state index >= 15 is 0 Å². The molecule has 0 radical (unpaired) electrons. The standard InChI is InChI=1S/C9H5Br2FN2/c10-6-4-7(11)9(8(12)5-6)14-3-1-2-13-14/h1-5H. The smallest absolute Gasteiger partial charge is 0.151 e. The second kappa shape index (κ2) is 3.82. The number of halogens is 3. The number of aromatic nitrogens is 2. The van der Waals surface area contributed by atoms with Crippen LogP contribution >= 0.6 is 31.9 Å². The van der Waals surface area contributed by atoms with Crippen molar-refractivity contribution < 1.29 is 4.39 Å². The van der Waals surface area contributed by atoms with Crippen molar-refractivity contribution in [3.05, 3.63) is 45.4 Å². The second-order valence-corrected chi connectivity index (χ2v) is 4.44. The van der Waals surface area contributed by atoms with Crippen molar-refractivity contribution in [3.8, 4) is 5.69 Å². The van der Waals surface area contributed by atoms with Crippen LogP contribution in [0.25, 0.3) is 5.69 Å². The topological polar surface area (TPSA) is 17.8 Å². The van der Waals surface area contributed by atoms with Crippen molar-refractivity contribution in [3.63, 3.8) is 0 Å². The van der Waals surface area contributed by atoms with E-state index < -0.39 is 0 Å². The first kappa shape index (κ1) is 9.86. The van der Waals surface area contributed by atoms with Crippen LogP contribution in [0, 0.1) is 5.82 Å². The SMILES string of the molecule is Fc1cc(Br)cc(Br)c1-n1cccn1. The van der Waals surface area contributed by atoms with Crippen LogP contribution < -0.4 is 0 Å². The molecule has 0 spiro atoms. The van der Waals surface area contributed by atoms with Gasteiger partial charge in [0.05, 0.1) is 0 Å². The molecule has 1 heterocycles. The molecule has 0 amide bonds. The molecule has 72 valence electrons. The molecule has 2 aromatic rings. The maximum atomic E-state index is 13.6. The molecule has 2 nitrogen and oxygen atoms in total. The van der Waals surface area contributed by atoms with E-state index in [0.717, 1.165) is 0 Å². The van der Waals surface area contributed by atoms with Gasteiger partial charge >= 0.3 is 0 Å². The highest BCUT2D eigenvalue weighted by atomic mass is 79.9. The van der Waals surface area contributed by atoms with Gasteiger partial charge in [-0.05, 0) is 34.1 Å². The predicted octanol–water partition coefficient (Wildman–Crippen LogP) is 3.54. The third kappa shape index (κ3) is 1.74. The molecular formula is C9H5Br2FN2. The Labute approximate surface area is 97.0 Å². The van der Waals surface area contributed by atoms with Crippen LogP contribution in [0.4, 0.5) is 4.39 Å². The minimum Gasteiger partial charge on any atom is -0.237 e. The molecule has 0 aliphatic heterocycles. The lowest BCUT2D eigenvalue weighted by Gasteiger charge is -2.06. The van der Waals surface area contributed by atoms with Crippen molar-refractivity contribution in [2.75, 3.05) is 0 Å². The Morgan fingerprint density at radius 3 is 2.64 bits per heavy atom. The summed E-state index contributed by atoms with van der Waals surface area (Å²) in [7, 11) is 0. The molecule has 0 fully saturated rings. The summed E-state index contributed by atoms with van der Waals surface area (Å²) < 4.78 is 16.4.